The van der Waals surface area contributed by atoms with Gasteiger partial charge in [0.05, 0.1) is 28.8 Å². The summed E-state index contributed by atoms with van der Waals surface area (Å²) in [5.41, 5.74) is 1.55. The van der Waals surface area contributed by atoms with Crippen molar-refractivity contribution in [1.82, 2.24) is 14.5 Å². The van der Waals surface area contributed by atoms with E-state index in [1.807, 2.05) is 6.07 Å². The lowest BCUT2D eigenvalue weighted by Crippen LogP contribution is -2.42. The number of aromatic nitrogens is 2. The number of carboxylic acid groups (broad SMARTS) is 3. The SMILES string of the molecule is CCCc1ccc(Cc2nc3cc([N+](=O)[O-])ccc3n2CCN(CC)CC)cc1.O=C(O)CC(O)(CC(=O)O)C(=O)O. The number of non-ortho nitro benzene ring substituents is 1. The van der Waals surface area contributed by atoms with E-state index in [-0.39, 0.29) is 10.6 Å². The summed E-state index contributed by atoms with van der Waals surface area (Å²) in [6, 6.07) is 13.7. The molecule has 3 aromatic rings. The van der Waals surface area contributed by atoms with Gasteiger partial charge in [0.15, 0.2) is 5.60 Å². The van der Waals surface area contributed by atoms with E-state index in [4.69, 9.17) is 25.4 Å². The number of aliphatic hydroxyl groups is 1. The first-order chi connectivity index (χ1) is 19.8. The summed E-state index contributed by atoms with van der Waals surface area (Å²) in [5, 5.41) is 45.0. The summed E-state index contributed by atoms with van der Waals surface area (Å²) in [6.07, 6.45) is 0.655. The van der Waals surface area contributed by atoms with Gasteiger partial charge in [0, 0.05) is 31.6 Å². The number of aryl methyl sites for hydroxylation is 1. The molecular formula is C29H38N4O9. The van der Waals surface area contributed by atoms with Crippen molar-refractivity contribution in [1.29, 1.82) is 0 Å². The number of carbonyl (C=O) groups is 3. The predicted octanol–water partition coefficient (Wildman–Crippen LogP) is 3.58. The zero-order valence-electron chi connectivity index (χ0n) is 24.0. The van der Waals surface area contributed by atoms with E-state index in [9.17, 15) is 24.5 Å². The molecule has 0 aliphatic carbocycles. The number of benzene rings is 2. The van der Waals surface area contributed by atoms with Gasteiger partial charge in [0.2, 0.25) is 0 Å². The molecule has 42 heavy (non-hydrogen) atoms. The van der Waals surface area contributed by atoms with Crippen molar-refractivity contribution >= 4 is 34.6 Å². The highest BCUT2D eigenvalue weighted by Crippen LogP contribution is 2.24. The van der Waals surface area contributed by atoms with Gasteiger partial charge in [-0.05, 0) is 36.7 Å². The third kappa shape index (κ3) is 9.63. The number of hydrogen-bond acceptors (Lipinski definition) is 8. The molecule has 13 heteroatoms. The molecule has 0 fully saturated rings. The second-order valence-electron chi connectivity index (χ2n) is 9.86. The maximum absolute atomic E-state index is 11.2. The van der Waals surface area contributed by atoms with E-state index in [1.165, 1.54) is 11.1 Å². The van der Waals surface area contributed by atoms with Gasteiger partial charge in [-0.1, -0.05) is 51.5 Å². The number of hydrogen-bond donors (Lipinski definition) is 4. The van der Waals surface area contributed by atoms with Gasteiger partial charge in [-0.2, -0.15) is 0 Å². The smallest absolute Gasteiger partial charge is 0.336 e. The average molecular weight is 587 g/mol. The topological polar surface area (TPSA) is 196 Å². The average Bonchev–Trinajstić information content (AvgIpc) is 3.26. The summed E-state index contributed by atoms with van der Waals surface area (Å²) in [7, 11) is 0. The van der Waals surface area contributed by atoms with Crippen molar-refractivity contribution in [2.75, 3.05) is 19.6 Å². The molecule has 228 valence electrons. The Morgan fingerprint density at radius 1 is 0.952 bits per heavy atom. The van der Waals surface area contributed by atoms with Gasteiger partial charge in [-0.3, -0.25) is 19.7 Å². The van der Waals surface area contributed by atoms with Crippen LogP contribution in [0.4, 0.5) is 5.69 Å². The molecule has 3 rings (SSSR count). The van der Waals surface area contributed by atoms with Gasteiger partial charge < -0.3 is 29.9 Å². The van der Waals surface area contributed by atoms with Crippen LogP contribution in [0.25, 0.3) is 11.0 Å². The molecule has 0 radical (unpaired) electrons. The Morgan fingerprint density at radius 2 is 1.52 bits per heavy atom. The Balaban J connectivity index is 0.000000401. The van der Waals surface area contributed by atoms with Crippen LogP contribution >= 0.6 is 0 Å². The number of imidazole rings is 1. The molecule has 0 unspecified atom stereocenters. The van der Waals surface area contributed by atoms with Crippen molar-refractivity contribution < 1.29 is 39.7 Å². The van der Waals surface area contributed by atoms with E-state index in [0.29, 0.717) is 11.9 Å². The second-order valence-corrected chi connectivity index (χ2v) is 9.86. The van der Waals surface area contributed by atoms with Crippen LogP contribution in [0.5, 0.6) is 0 Å². The number of nitrogens with zero attached hydrogens (tertiary/aromatic N) is 4. The molecule has 0 amide bonds. The number of fused-ring (bicyclic) bond motifs is 1. The molecule has 13 nitrogen and oxygen atoms in total. The van der Waals surface area contributed by atoms with Crippen LogP contribution in [0.3, 0.4) is 0 Å². The lowest BCUT2D eigenvalue weighted by atomic mass is 9.96. The monoisotopic (exact) mass is 586 g/mol. The Kier molecular flexibility index (Phi) is 12.6. The predicted molar refractivity (Wildman–Crippen MR) is 155 cm³/mol. The van der Waals surface area contributed by atoms with Gasteiger partial charge in [-0.15, -0.1) is 0 Å². The minimum absolute atomic E-state index is 0.0846. The first kappa shape index (κ1) is 33.8. The van der Waals surface area contributed by atoms with Crippen molar-refractivity contribution in [3.8, 4) is 0 Å². The fourth-order valence-corrected chi connectivity index (χ4v) is 4.46. The number of aliphatic carboxylic acids is 3. The standard InChI is InChI=1S/C23H30N4O2.C6H8O7/c1-4-7-18-8-10-19(11-9-18)16-23-24-21-17-20(27(28)29)12-13-22(21)26(23)15-14-25(5-2)6-3;7-3(8)1-6(13,5(11)12)2-4(9)10/h8-13,17H,4-7,14-16H2,1-3H3;13H,1-2H2,(H,7,8)(H,9,10)(H,11,12). The molecule has 0 saturated carbocycles. The number of carboxylic acids is 3. The summed E-state index contributed by atoms with van der Waals surface area (Å²) < 4.78 is 2.22. The van der Waals surface area contributed by atoms with Crippen LogP contribution in [0, 0.1) is 10.1 Å². The zero-order valence-corrected chi connectivity index (χ0v) is 24.0. The van der Waals surface area contributed by atoms with Crippen molar-refractivity contribution in [2.24, 2.45) is 0 Å². The molecule has 0 atom stereocenters. The molecule has 0 bridgehead atoms. The summed E-state index contributed by atoms with van der Waals surface area (Å²) in [6.45, 7) is 10.3. The van der Waals surface area contributed by atoms with Gasteiger partial charge >= 0.3 is 17.9 Å². The lowest BCUT2D eigenvalue weighted by Gasteiger charge is -2.19. The lowest BCUT2D eigenvalue weighted by molar-refractivity contribution is -0.384. The van der Waals surface area contributed by atoms with Crippen molar-refractivity contribution in [2.45, 2.75) is 65.0 Å². The molecule has 1 heterocycles. The minimum atomic E-state index is -2.74. The van der Waals surface area contributed by atoms with Gasteiger partial charge in [0.25, 0.3) is 5.69 Å². The molecule has 0 aliphatic rings. The molecule has 0 saturated heterocycles. The van der Waals surface area contributed by atoms with E-state index < -0.39 is 36.4 Å². The number of nitro groups is 1. The molecule has 0 aliphatic heterocycles. The number of rotatable bonds is 15. The molecule has 2 aromatic carbocycles. The van der Waals surface area contributed by atoms with E-state index in [2.05, 4.69) is 54.5 Å². The molecule has 0 spiro atoms. The normalized spacial score (nSPS) is 11.3. The van der Waals surface area contributed by atoms with E-state index in [0.717, 1.165) is 50.4 Å². The number of nitro benzene ring substituents is 1. The minimum Gasteiger partial charge on any atom is -0.481 e. The fraction of sp³-hybridized carbons (Fsp3) is 0.448. The van der Waals surface area contributed by atoms with Crippen LogP contribution in [0.15, 0.2) is 42.5 Å². The first-order valence-corrected chi connectivity index (χ1v) is 13.7. The Morgan fingerprint density at radius 3 is 2.00 bits per heavy atom. The Labute approximate surface area is 243 Å². The van der Waals surface area contributed by atoms with E-state index >= 15 is 0 Å². The van der Waals surface area contributed by atoms with E-state index in [1.54, 1.807) is 12.1 Å². The highest BCUT2D eigenvalue weighted by Gasteiger charge is 2.40. The van der Waals surface area contributed by atoms with Crippen molar-refractivity contribution in [3.63, 3.8) is 0 Å². The van der Waals surface area contributed by atoms with Crippen LogP contribution < -0.4 is 0 Å². The van der Waals surface area contributed by atoms with Gasteiger partial charge in [0.1, 0.15) is 5.82 Å². The number of likely N-dealkylation sites (N-methyl/N-ethyl adjacent to an activating group) is 1. The van der Waals surface area contributed by atoms with Crippen LogP contribution in [-0.2, 0) is 33.8 Å². The van der Waals surface area contributed by atoms with Crippen LogP contribution in [-0.4, -0.2) is 82.9 Å². The molecular weight excluding hydrogens is 548 g/mol. The Hall–Kier alpha value is -4.36. The third-order valence-electron chi connectivity index (χ3n) is 6.77. The van der Waals surface area contributed by atoms with Gasteiger partial charge in [-0.25, -0.2) is 9.78 Å². The van der Waals surface area contributed by atoms with Crippen molar-refractivity contribution in [3.05, 3.63) is 69.5 Å². The highest BCUT2D eigenvalue weighted by atomic mass is 16.6. The largest absolute Gasteiger partial charge is 0.481 e. The Bertz CT molecular complexity index is 1370. The molecule has 1 aromatic heterocycles. The first-order valence-electron chi connectivity index (χ1n) is 13.7. The van der Waals surface area contributed by atoms with Crippen LogP contribution in [0.1, 0.15) is 57.0 Å². The summed E-state index contributed by atoms with van der Waals surface area (Å²) in [4.78, 5) is 48.4. The van der Waals surface area contributed by atoms with Crippen LogP contribution in [0.2, 0.25) is 0 Å². The maximum atomic E-state index is 11.2. The summed E-state index contributed by atoms with van der Waals surface area (Å²) in [5.74, 6) is -4.06. The zero-order chi connectivity index (χ0) is 31.4. The fourth-order valence-electron chi connectivity index (χ4n) is 4.46. The molecule has 4 N–H and O–H groups in total. The highest BCUT2D eigenvalue weighted by molar-refractivity contribution is 5.88. The maximum Gasteiger partial charge on any atom is 0.336 e. The quantitative estimate of drug-likeness (QED) is 0.150. The summed E-state index contributed by atoms with van der Waals surface area (Å²) >= 11 is 0. The second kappa shape index (κ2) is 15.6. The third-order valence-corrected chi connectivity index (χ3v) is 6.77.